The summed E-state index contributed by atoms with van der Waals surface area (Å²) in [7, 11) is 1.58. The normalized spacial score (nSPS) is 12.2. The molecule has 6 nitrogen and oxygen atoms in total. The average molecular weight is 373 g/mol. The summed E-state index contributed by atoms with van der Waals surface area (Å²) in [6.07, 6.45) is 3.07. The molecule has 0 aromatic heterocycles. The zero-order chi connectivity index (χ0) is 18.5. The van der Waals surface area contributed by atoms with Crippen molar-refractivity contribution in [3.63, 3.8) is 0 Å². The quantitative estimate of drug-likeness (QED) is 0.791. The predicted molar refractivity (Wildman–Crippen MR) is 98.3 cm³/mol. The van der Waals surface area contributed by atoms with Gasteiger partial charge in [0.2, 0.25) is 12.7 Å². The van der Waals surface area contributed by atoms with Gasteiger partial charge in [-0.2, -0.15) is 0 Å². The molecule has 3 rings (SSSR count). The molecule has 0 saturated carbocycles. The van der Waals surface area contributed by atoms with Gasteiger partial charge < -0.3 is 20.1 Å². The van der Waals surface area contributed by atoms with Crippen molar-refractivity contribution in [1.82, 2.24) is 10.6 Å². The van der Waals surface area contributed by atoms with Crippen LogP contribution in [0.2, 0.25) is 5.02 Å². The van der Waals surface area contributed by atoms with Gasteiger partial charge in [-0.15, -0.1) is 0 Å². The minimum Gasteiger partial charge on any atom is -0.454 e. The van der Waals surface area contributed by atoms with Crippen LogP contribution in [0.3, 0.4) is 0 Å². The van der Waals surface area contributed by atoms with Gasteiger partial charge in [-0.25, -0.2) is 0 Å². The van der Waals surface area contributed by atoms with Gasteiger partial charge in [-0.1, -0.05) is 23.7 Å². The van der Waals surface area contributed by atoms with E-state index in [1.807, 2.05) is 0 Å². The van der Waals surface area contributed by atoms with Crippen molar-refractivity contribution in [2.75, 3.05) is 13.8 Å². The van der Waals surface area contributed by atoms with Gasteiger partial charge in [-0.3, -0.25) is 9.59 Å². The molecule has 1 heterocycles. The standard InChI is InChI=1S/C19H17ClN2O4/c1-21-19(24)14-5-2-12(3-6-14)10-22-17(23)7-4-13-8-15(20)18-16(9-13)25-11-26-18/h2-9H,10-11H2,1H3,(H,21,24)(H,22,23)/b7-4+. The summed E-state index contributed by atoms with van der Waals surface area (Å²) in [5.74, 6) is 0.697. The molecule has 1 aliphatic rings. The Kier molecular flexibility index (Phi) is 5.43. The van der Waals surface area contributed by atoms with Gasteiger partial charge in [0.1, 0.15) is 0 Å². The van der Waals surface area contributed by atoms with Crippen molar-refractivity contribution < 1.29 is 19.1 Å². The lowest BCUT2D eigenvalue weighted by atomic mass is 10.1. The molecule has 0 atom stereocenters. The largest absolute Gasteiger partial charge is 0.454 e. The third-order valence-corrected chi connectivity index (χ3v) is 4.07. The molecule has 0 fully saturated rings. The van der Waals surface area contributed by atoms with Crippen LogP contribution in [-0.2, 0) is 11.3 Å². The number of ether oxygens (including phenoxy) is 2. The van der Waals surface area contributed by atoms with Crippen molar-refractivity contribution in [3.8, 4) is 11.5 Å². The van der Waals surface area contributed by atoms with Crippen molar-refractivity contribution in [2.45, 2.75) is 6.54 Å². The van der Waals surface area contributed by atoms with Crippen LogP contribution in [0.15, 0.2) is 42.5 Å². The van der Waals surface area contributed by atoms with Crippen LogP contribution in [-0.4, -0.2) is 25.7 Å². The van der Waals surface area contributed by atoms with E-state index in [4.69, 9.17) is 21.1 Å². The van der Waals surface area contributed by atoms with Crippen LogP contribution >= 0.6 is 11.6 Å². The molecule has 2 N–H and O–H groups in total. The number of hydrogen-bond acceptors (Lipinski definition) is 4. The molecule has 134 valence electrons. The highest BCUT2D eigenvalue weighted by atomic mass is 35.5. The number of hydrogen-bond donors (Lipinski definition) is 2. The van der Waals surface area contributed by atoms with Crippen LogP contribution < -0.4 is 20.1 Å². The van der Waals surface area contributed by atoms with Crippen LogP contribution in [0, 0.1) is 0 Å². The molecule has 2 aromatic carbocycles. The molecule has 0 spiro atoms. The molecular formula is C19H17ClN2O4. The molecule has 0 unspecified atom stereocenters. The van der Waals surface area contributed by atoms with Gasteiger partial charge in [-0.05, 0) is 41.5 Å². The molecule has 2 amide bonds. The number of rotatable bonds is 5. The minimum atomic E-state index is -0.242. The van der Waals surface area contributed by atoms with E-state index in [1.165, 1.54) is 6.08 Å². The maximum Gasteiger partial charge on any atom is 0.251 e. The molecule has 2 aromatic rings. The molecule has 0 bridgehead atoms. The Morgan fingerprint density at radius 1 is 1.19 bits per heavy atom. The SMILES string of the molecule is CNC(=O)c1ccc(CNC(=O)/C=C/c2cc(Cl)c3c(c2)OCO3)cc1. The van der Waals surface area contributed by atoms with Crippen molar-refractivity contribution in [3.05, 3.63) is 64.2 Å². The maximum atomic E-state index is 12.0. The van der Waals surface area contributed by atoms with E-state index in [-0.39, 0.29) is 18.6 Å². The van der Waals surface area contributed by atoms with E-state index in [9.17, 15) is 9.59 Å². The first-order chi connectivity index (χ1) is 12.6. The number of carbonyl (C=O) groups excluding carboxylic acids is 2. The average Bonchev–Trinajstić information content (AvgIpc) is 3.13. The second-order valence-electron chi connectivity index (χ2n) is 5.56. The summed E-state index contributed by atoms with van der Waals surface area (Å²) in [5.41, 5.74) is 2.21. The molecule has 0 saturated heterocycles. The fraction of sp³-hybridized carbons (Fsp3) is 0.158. The first kappa shape index (κ1) is 17.8. The second kappa shape index (κ2) is 7.93. The van der Waals surface area contributed by atoms with E-state index in [0.29, 0.717) is 28.6 Å². The minimum absolute atomic E-state index is 0.140. The van der Waals surface area contributed by atoms with E-state index >= 15 is 0 Å². The topological polar surface area (TPSA) is 76.7 Å². The van der Waals surface area contributed by atoms with Gasteiger partial charge in [0.25, 0.3) is 5.91 Å². The zero-order valence-corrected chi connectivity index (χ0v) is 14.8. The molecule has 7 heteroatoms. The van der Waals surface area contributed by atoms with E-state index < -0.39 is 0 Å². The summed E-state index contributed by atoms with van der Waals surface area (Å²) in [6, 6.07) is 10.5. The molecular weight excluding hydrogens is 356 g/mol. The number of halogens is 1. The summed E-state index contributed by atoms with van der Waals surface area (Å²) < 4.78 is 10.5. The Morgan fingerprint density at radius 2 is 1.96 bits per heavy atom. The lowest BCUT2D eigenvalue weighted by molar-refractivity contribution is -0.116. The molecule has 26 heavy (non-hydrogen) atoms. The maximum absolute atomic E-state index is 12.0. The molecule has 1 aliphatic heterocycles. The first-order valence-electron chi connectivity index (χ1n) is 7.93. The van der Waals surface area contributed by atoms with Crippen LogP contribution in [0.5, 0.6) is 11.5 Å². The Hall–Kier alpha value is -2.99. The highest BCUT2D eigenvalue weighted by molar-refractivity contribution is 6.32. The number of benzene rings is 2. The van der Waals surface area contributed by atoms with Crippen molar-refractivity contribution >= 4 is 29.5 Å². The summed E-state index contributed by atoms with van der Waals surface area (Å²) in [4.78, 5) is 23.5. The van der Waals surface area contributed by atoms with E-state index in [1.54, 1.807) is 49.5 Å². The van der Waals surface area contributed by atoms with Crippen molar-refractivity contribution in [1.29, 1.82) is 0 Å². The van der Waals surface area contributed by atoms with Gasteiger partial charge in [0, 0.05) is 25.2 Å². The van der Waals surface area contributed by atoms with Gasteiger partial charge >= 0.3 is 0 Å². The van der Waals surface area contributed by atoms with Crippen molar-refractivity contribution in [2.24, 2.45) is 0 Å². The predicted octanol–water partition coefficient (Wildman–Crippen LogP) is 2.76. The lowest BCUT2D eigenvalue weighted by Gasteiger charge is -2.05. The van der Waals surface area contributed by atoms with Gasteiger partial charge in [0.15, 0.2) is 11.5 Å². The summed E-state index contributed by atoms with van der Waals surface area (Å²) in [5, 5.41) is 5.78. The highest BCUT2D eigenvalue weighted by Crippen LogP contribution is 2.40. The Balaban J connectivity index is 1.56. The fourth-order valence-corrected chi connectivity index (χ4v) is 2.70. The molecule has 0 aliphatic carbocycles. The fourth-order valence-electron chi connectivity index (χ4n) is 2.42. The van der Waals surface area contributed by atoms with Crippen LogP contribution in [0.4, 0.5) is 0 Å². The third kappa shape index (κ3) is 4.15. The molecule has 0 radical (unpaired) electrons. The lowest BCUT2D eigenvalue weighted by Crippen LogP contribution is -2.20. The van der Waals surface area contributed by atoms with E-state index in [0.717, 1.165) is 11.1 Å². The van der Waals surface area contributed by atoms with Gasteiger partial charge in [0.05, 0.1) is 5.02 Å². The third-order valence-electron chi connectivity index (χ3n) is 3.79. The highest BCUT2D eigenvalue weighted by Gasteiger charge is 2.17. The number of nitrogens with one attached hydrogen (secondary N) is 2. The zero-order valence-electron chi connectivity index (χ0n) is 14.0. The van der Waals surface area contributed by atoms with E-state index in [2.05, 4.69) is 10.6 Å². The number of fused-ring (bicyclic) bond motifs is 1. The summed E-state index contributed by atoms with van der Waals surface area (Å²) >= 11 is 6.11. The van der Waals surface area contributed by atoms with Crippen LogP contribution in [0.25, 0.3) is 6.08 Å². The monoisotopic (exact) mass is 372 g/mol. The Morgan fingerprint density at radius 3 is 2.69 bits per heavy atom. The Bertz CT molecular complexity index is 863. The Labute approximate surface area is 155 Å². The smallest absolute Gasteiger partial charge is 0.251 e. The second-order valence-corrected chi connectivity index (χ2v) is 5.97. The number of carbonyl (C=O) groups is 2. The summed E-state index contributed by atoms with van der Waals surface area (Å²) in [6.45, 7) is 0.501. The number of amides is 2. The van der Waals surface area contributed by atoms with Crippen LogP contribution in [0.1, 0.15) is 21.5 Å². The first-order valence-corrected chi connectivity index (χ1v) is 8.30.